The molecule has 0 bridgehead atoms. The van der Waals surface area contributed by atoms with Crippen LogP contribution >= 0.6 is 0 Å². The molecular formula is C27H22N2O10. The third-order valence-electron chi connectivity index (χ3n) is 7.71. The van der Waals surface area contributed by atoms with Crippen molar-refractivity contribution in [3.63, 3.8) is 0 Å². The van der Waals surface area contributed by atoms with Crippen molar-refractivity contribution in [3.05, 3.63) is 47.5 Å². The van der Waals surface area contributed by atoms with Crippen LogP contribution in [0.2, 0.25) is 0 Å². The molecule has 5 aromatic rings. The number of phenolic OH excluding ortho intramolecular Hbond substituents is 2. The van der Waals surface area contributed by atoms with Gasteiger partial charge >= 0.3 is 11.9 Å². The number of aliphatic hydroxyl groups is 4. The van der Waals surface area contributed by atoms with E-state index in [2.05, 4.69) is 4.98 Å². The molecule has 200 valence electrons. The number of H-pyrrole nitrogens is 1. The lowest BCUT2D eigenvalue weighted by Crippen LogP contribution is -2.55. The summed E-state index contributed by atoms with van der Waals surface area (Å²) in [5, 5.41) is 63.9. The van der Waals surface area contributed by atoms with E-state index >= 15 is 0 Å². The van der Waals surface area contributed by atoms with Crippen LogP contribution in [0.15, 0.2) is 36.4 Å². The second-order valence-corrected chi connectivity index (χ2v) is 9.88. The summed E-state index contributed by atoms with van der Waals surface area (Å²) in [4.78, 5) is 29.3. The van der Waals surface area contributed by atoms with Gasteiger partial charge in [0.1, 0.15) is 29.8 Å². The SMILES string of the molecule is O=C1OC(=O)c2c1c1c3ccc(O)cc3[nH]c1c1c2c2ccc(O)cc2n1C1OC(CCO)C(O)C(O)C1O. The highest BCUT2D eigenvalue weighted by molar-refractivity contribution is 6.36. The van der Waals surface area contributed by atoms with Gasteiger partial charge in [0.2, 0.25) is 0 Å². The van der Waals surface area contributed by atoms with Gasteiger partial charge in [-0.25, -0.2) is 9.59 Å². The molecule has 0 aliphatic carbocycles. The van der Waals surface area contributed by atoms with Gasteiger partial charge in [-0.1, -0.05) is 0 Å². The number of cyclic esters (lactones) is 2. The molecule has 0 radical (unpaired) electrons. The van der Waals surface area contributed by atoms with Crippen LogP contribution in [0.5, 0.6) is 11.5 Å². The largest absolute Gasteiger partial charge is 0.508 e. The first-order valence-corrected chi connectivity index (χ1v) is 12.2. The molecule has 2 aliphatic heterocycles. The minimum absolute atomic E-state index is 0.0105. The summed E-state index contributed by atoms with van der Waals surface area (Å²) in [6.45, 7) is -0.359. The van der Waals surface area contributed by atoms with Gasteiger partial charge in [0, 0.05) is 40.3 Å². The molecule has 7 N–H and O–H groups in total. The molecule has 0 spiro atoms. The second-order valence-electron chi connectivity index (χ2n) is 9.88. The zero-order valence-electron chi connectivity index (χ0n) is 20.0. The third-order valence-corrected chi connectivity index (χ3v) is 7.71. The number of nitrogens with one attached hydrogen (secondary N) is 1. The van der Waals surface area contributed by atoms with Crippen molar-refractivity contribution in [1.29, 1.82) is 0 Å². The van der Waals surface area contributed by atoms with Crippen LogP contribution < -0.4 is 0 Å². The average molecular weight is 534 g/mol. The molecule has 0 amide bonds. The van der Waals surface area contributed by atoms with E-state index in [1.165, 1.54) is 28.8 Å². The van der Waals surface area contributed by atoms with E-state index < -0.39 is 42.6 Å². The number of carbonyl (C=O) groups is 2. The first-order valence-electron chi connectivity index (χ1n) is 12.2. The Morgan fingerprint density at radius 3 is 2.23 bits per heavy atom. The second kappa shape index (κ2) is 8.15. The van der Waals surface area contributed by atoms with Crippen molar-refractivity contribution >= 4 is 55.6 Å². The Morgan fingerprint density at radius 1 is 0.846 bits per heavy atom. The van der Waals surface area contributed by atoms with Crippen LogP contribution in [-0.2, 0) is 9.47 Å². The van der Waals surface area contributed by atoms with E-state index in [1.807, 2.05) is 0 Å². The van der Waals surface area contributed by atoms with E-state index in [9.17, 15) is 40.2 Å². The molecule has 3 aromatic carbocycles. The summed E-state index contributed by atoms with van der Waals surface area (Å²) in [5.41, 5.74) is 1.41. The Balaban J connectivity index is 1.69. The summed E-state index contributed by atoms with van der Waals surface area (Å²) in [6.07, 6.45) is -7.25. The fraction of sp³-hybridized carbons (Fsp3) is 0.259. The summed E-state index contributed by atoms with van der Waals surface area (Å²) < 4.78 is 12.6. The lowest BCUT2D eigenvalue weighted by Gasteiger charge is -2.41. The number of nitrogens with zero attached hydrogens (tertiary/aromatic N) is 1. The molecule has 39 heavy (non-hydrogen) atoms. The zero-order chi connectivity index (χ0) is 27.3. The number of fused-ring (bicyclic) bond motifs is 10. The van der Waals surface area contributed by atoms with Gasteiger partial charge in [0.05, 0.1) is 39.3 Å². The van der Waals surface area contributed by atoms with Crippen LogP contribution in [0.4, 0.5) is 0 Å². The highest BCUT2D eigenvalue weighted by Gasteiger charge is 2.46. The number of aromatic nitrogens is 2. The number of carbonyl (C=O) groups excluding carboxylic acids is 2. The maximum atomic E-state index is 13.1. The molecule has 12 heteroatoms. The zero-order valence-corrected chi connectivity index (χ0v) is 20.0. The van der Waals surface area contributed by atoms with Crippen LogP contribution in [0, 0.1) is 0 Å². The van der Waals surface area contributed by atoms with Crippen LogP contribution in [0.25, 0.3) is 43.6 Å². The van der Waals surface area contributed by atoms with E-state index in [-0.39, 0.29) is 41.0 Å². The van der Waals surface area contributed by atoms with Crippen LogP contribution in [0.3, 0.4) is 0 Å². The molecule has 5 unspecified atom stereocenters. The highest BCUT2D eigenvalue weighted by Crippen LogP contribution is 2.47. The number of aromatic amines is 1. The predicted molar refractivity (Wildman–Crippen MR) is 136 cm³/mol. The number of phenols is 2. The molecule has 2 aromatic heterocycles. The number of hydrogen-bond acceptors (Lipinski definition) is 10. The smallest absolute Gasteiger partial charge is 0.347 e. The normalized spacial score (nSPS) is 25.3. The minimum atomic E-state index is -1.67. The number of rotatable bonds is 3. The number of aliphatic hydroxyl groups excluding tert-OH is 4. The molecule has 2 aliphatic rings. The molecule has 0 saturated carbocycles. The molecule has 4 heterocycles. The van der Waals surface area contributed by atoms with Crippen molar-refractivity contribution in [2.24, 2.45) is 0 Å². The Morgan fingerprint density at radius 2 is 1.51 bits per heavy atom. The first kappa shape index (κ1) is 23.9. The summed E-state index contributed by atoms with van der Waals surface area (Å²) in [5.74, 6) is -1.90. The number of aromatic hydroxyl groups is 2. The molecule has 12 nitrogen and oxygen atoms in total. The van der Waals surface area contributed by atoms with Gasteiger partial charge < -0.3 is 49.7 Å². The first-order chi connectivity index (χ1) is 18.7. The predicted octanol–water partition coefficient (Wildman–Crippen LogP) is 1.51. The van der Waals surface area contributed by atoms with E-state index in [0.29, 0.717) is 38.2 Å². The van der Waals surface area contributed by atoms with Crippen molar-refractivity contribution in [2.75, 3.05) is 6.61 Å². The number of benzene rings is 3. The van der Waals surface area contributed by atoms with Gasteiger partial charge in [-0.2, -0.15) is 0 Å². The Labute approximate surface area is 217 Å². The highest BCUT2D eigenvalue weighted by atomic mass is 16.6. The number of ether oxygens (including phenoxy) is 2. The maximum absolute atomic E-state index is 13.1. The van der Waals surface area contributed by atoms with Crippen molar-refractivity contribution in [1.82, 2.24) is 9.55 Å². The topological polar surface area (TPSA) is 195 Å². The van der Waals surface area contributed by atoms with E-state index in [0.717, 1.165) is 0 Å². The van der Waals surface area contributed by atoms with E-state index in [1.54, 1.807) is 12.1 Å². The number of esters is 2. The third kappa shape index (κ3) is 3.11. The van der Waals surface area contributed by atoms with Gasteiger partial charge in [0.15, 0.2) is 6.23 Å². The Kier molecular flexibility index (Phi) is 4.99. The Hall–Kier alpha value is -4.20. The van der Waals surface area contributed by atoms with Gasteiger partial charge in [-0.3, -0.25) is 0 Å². The Bertz CT molecular complexity index is 1870. The molecule has 7 rings (SSSR count). The van der Waals surface area contributed by atoms with Gasteiger partial charge in [-0.05, 0) is 30.7 Å². The maximum Gasteiger partial charge on any atom is 0.347 e. The van der Waals surface area contributed by atoms with E-state index in [4.69, 9.17) is 9.47 Å². The minimum Gasteiger partial charge on any atom is -0.508 e. The lowest BCUT2D eigenvalue weighted by molar-refractivity contribution is -0.245. The summed E-state index contributed by atoms with van der Waals surface area (Å²) in [6, 6.07) is 8.82. The van der Waals surface area contributed by atoms with Crippen LogP contribution in [-0.4, -0.2) is 83.2 Å². The summed E-state index contributed by atoms with van der Waals surface area (Å²) >= 11 is 0. The van der Waals surface area contributed by atoms with Gasteiger partial charge in [0.25, 0.3) is 0 Å². The summed E-state index contributed by atoms with van der Waals surface area (Å²) in [7, 11) is 0. The molecule has 1 fully saturated rings. The quantitative estimate of drug-likeness (QED) is 0.132. The average Bonchev–Trinajstić information content (AvgIpc) is 3.52. The fourth-order valence-electron chi connectivity index (χ4n) is 6.04. The monoisotopic (exact) mass is 534 g/mol. The molecule has 1 saturated heterocycles. The lowest BCUT2D eigenvalue weighted by atomic mass is 9.95. The standard InChI is InChI=1S/C27H22N2O10/c30-6-5-15-22(33)23(34)24(35)25(38-15)29-14-8-10(32)2-4-12(14)17-19-18(26(36)39-27(19)37)16-11-3-1-9(31)7-13(11)28-20(16)21(17)29/h1-4,7-8,15,22-25,28,30-35H,5-6H2. The van der Waals surface area contributed by atoms with Crippen LogP contribution in [0.1, 0.15) is 33.4 Å². The number of hydrogen-bond donors (Lipinski definition) is 7. The van der Waals surface area contributed by atoms with Gasteiger partial charge in [-0.15, -0.1) is 0 Å². The van der Waals surface area contributed by atoms with Crippen molar-refractivity contribution in [2.45, 2.75) is 37.1 Å². The molecule has 5 atom stereocenters. The fourth-order valence-corrected chi connectivity index (χ4v) is 6.04. The molecular weight excluding hydrogens is 512 g/mol. The van der Waals surface area contributed by atoms with Crippen molar-refractivity contribution < 1.29 is 49.7 Å². The van der Waals surface area contributed by atoms with Crippen molar-refractivity contribution in [3.8, 4) is 11.5 Å².